The number of aldehydes is 1. The average Bonchev–Trinajstić information content (AvgIpc) is 2.85. The van der Waals surface area contributed by atoms with E-state index >= 15 is 0 Å². The molecule has 0 atom stereocenters. The van der Waals surface area contributed by atoms with Crippen LogP contribution in [0.3, 0.4) is 0 Å². The van der Waals surface area contributed by atoms with Crippen LogP contribution >= 0.6 is 0 Å². The molecule has 84 valence electrons. The lowest BCUT2D eigenvalue weighted by atomic mass is 9.91. The summed E-state index contributed by atoms with van der Waals surface area (Å²) in [6.07, 6.45) is 6.13. The maximum atomic E-state index is 11.2. The summed E-state index contributed by atoms with van der Waals surface area (Å²) in [4.78, 5) is 11.2. The van der Waals surface area contributed by atoms with E-state index in [1.54, 1.807) is 0 Å². The number of carbonyl (C=O) groups excluding carboxylic acids is 1. The third-order valence-corrected chi connectivity index (χ3v) is 3.60. The third-order valence-electron chi connectivity index (χ3n) is 3.60. The molecule has 0 saturated heterocycles. The summed E-state index contributed by atoms with van der Waals surface area (Å²) < 4.78 is 0. The van der Waals surface area contributed by atoms with Gasteiger partial charge in [-0.3, -0.25) is 4.79 Å². The molecule has 0 radical (unpaired) electrons. The molecular formula is C15H18O. The number of carbonyl (C=O) groups is 1. The van der Waals surface area contributed by atoms with Crippen molar-refractivity contribution >= 4 is 11.9 Å². The van der Waals surface area contributed by atoms with Crippen molar-refractivity contribution in [3.8, 4) is 0 Å². The van der Waals surface area contributed by atoms with Crippen molar-refractivity contribution in [3.05, 3.63) is 41.5 Å². The van der Waals surface area contributed by atoms with E-state index in [4.69, 9.17) is 0 Å². The Morgan fingerprint density at radius 3 is 2.38 bits per heavy atom. The molecule has 1 saturated carbocycles. The summed E-state index contributed by atoms with van der Waals surface area (Å²) >= 11 is 0. The minimum atomic E-state index is 0.625. The third kappa shape index (κ3) is 2.24. The summed E-state index contributed by atoms with van der Waals surface area (Å²) in [6, 6.07) is 9.99. The van der Waals surface area contributed by atoms with Crippen LogP contribution in [0, 0.1) is 5.92 Å². The second-order valence-electron chi connectivity index (χ2n) is 4.56. The standard InChI is InChI=1S/C15H18O/c1-12(13-7-5-6-8-13)15(11-16)14-9-3-2-4-10-14/h2-4,9-11,13H,5-8H2,1H3/b15-12+. The van der Waals surface area contributed by atoms with E-state index in [1.807, 2.05) is 30.3 Å². The highest BCUT2D eigenvalue weighted by atomic mass is 16.1. The molecule has 16 heavy (non-hydrogen) atoms. The van der Waals surface area contributed by atoms with Gasteiger partial charge >= 0.3 is 0 Å². The predicted octanol–water partition coefficient (Wildman–Crippen LogP) is 3.85. The SMILES string of the molecule is C/C(=C(/C=O)c1ccccc1)C1CCCC1. The summed E-state index contributed by atoms with van der Waals surface area (Å²) in [6.45, 7) is 2.12. The van der Waals surface area contributed by atoms with Crippen molar-refractivity contribution in [2.24, 2.45) is 5.92 Å². The quantitative estimate of drug-likeness (QED) is 0.551. The molecule has 0 heterocycles. The van der Waals surface area contributed by atoms with Crippen molar-refractivity contribution in [2.75, 3.05) is 0 Å². The summed E-state index contributed by atoms with van der Waals surface area (Å²) in [7, 11) is 0. The maximum Gasteiger partial charge on any atom is 0.150 e. The fourth-order valence-electron chi connectivity index (χ4n) is 2.59. The zero-order valence-corrected chi connectivity index (χ0v) is 9.78. The Labute approximate surface area is 97.2 Å². The topological polar surface area (TPSA) is 17.1 Å². The minimum absolute atomic E-state index is 0.625. The van der Waals surface area contributed by atoms with Gasteiger partial charge in [0.05, 0.1) is 0 Å². The molecule has 0 unspecified atom stereocenters. The molecule has 1 fully saturated rings. The summed E-state index contributed by atoms with van der Waals surface area (Å²) in [5.41, 5.74) is 3.23. The second kappa shape index (κ2) is 5.11. The lowest BCUT2D eigenvalue weighted by Crippen LogP contribution is -2.00. The number of benzene rings is 1. The first-order valence-electron chi connectivity index (χ1n) is 6.04. The number of rotatable bonds is 3. The zero-order chi connectivity index (χ0) is 11.4. The Morgan fingerprint density at radius 2 is 1.81 bits per heavy atom. The normalized spacial score (nSPS) is 18.3. The molecule has 0 aromatic heterocycles. The highest BCUT2D eigenvalue weighted by molar-refractivity contribution is 6.08. The molecule has 1 aliphatic carbocycles. The van der Waals surface area contributed by atoms with Crippen LogP contribution in [0.2, 0.25) is 0 Å². The van der Waals surface area contributed by atoms with Crippen molar-refractivity contribution < 1.29 is 4.79 Å². The molecule has 2 rings (SSSR count). The second-order valence-corrected chi connectivity index (χ2v) is 4.56. The summed E-state index contributed by atoms with van der Waals surface area (Å²) in [5.74, 6) is 0.625. The maximum absolute atomic E-state index is 11.2. The lowest BCUT2D eigenvalue weighted by molar-refractivity contribution is -0.103. The highest BCUT2D eigenvalue weighted by Gasteiger charge is 2.19. The van der Waals surface area contributed by atoms with Crippen LogP contribution in [-0.2, 0) is 4.79 Å². The number of allylic oxidation sites excluding steroid dienone is 2. The van der Waals surface area contributed by atoms with Gasteiger partial charge in [-0.05, 0) is 31.2 Å². The van der Waals surface area contributed by atoms with Crippen LogP contribution in [0.1, 0.15) is 38.2 Å². The van der Waals surface area contributed by atoms with Gasteiger partial charge in [0.2, 0.25) is 0 Å². The van der Waals surface area contributed by atoms with E-state index in [0.29, 0.717) is 5.92 Å². The van der Waals surface area contributed by atoms with E-state index in [9.17, 15) is 4.79 Å². The highest BCUT2D eigenvalue weighted by Crippen LogP contribution is 2.34. The lowest BCUT2D eigenvalue weighted by Gasteiger charge is -2.13. The van der Waals surface area contributed by atoms with E-state index in [1.165, 1.54) is 31.3 Å². The van der Waals surface area contributed by atoms with E-state index in [0.717, 1.165) is 17.4 Å². The molecule has 0 amide bonds. The molecular weight excluding hydrogens is 196 g/mol. The zero-order valence-electron chi connectivity index (χ0n) is 9.78. The van der Waals surface area contributed by atoms with Gasteiger partial charge in [-0.15, -0.1) is 0 Å². The molecule has 0 bridgehead atoms. The van der Waals surface area contributed by atoms with Crippen molar-refractivity contribution in [2.45, 2.75) is 32.6 Å². The summed E-state index contributed by atoms with van der Waals surface area (Å²) in [5, 5.41) is 0. The Balaban J connectivity index is 2.33. The fraction of sp³-hybridized carbons (Fsp3) is 0.400. The van der Waals surface area contributed by atoms with Crippen LogP contribution in [0.15, 0.2) is 35.9 Å². The molecule has 1 aromatic rings. The monoisotopic (exact) mass is 214 g/mol. The van der Waals surface area contributed by atoms with Crippen LogP contribution in [0.5, 0.6) is 0 Å². The van der Waals surface area contributed by atoms with Crippen LogP contribution in [-0.4, -0.2) is 6.29 Å². The first-order chi connectivity index (χ1) is 7.83. The minimum Gasteiger partial charge on any atom is -0.298 e. The van der Waals surface area contributed by atoms with Crippen molar-refractivity contribution in [1.82, 2.24) is 0 Å². The van der Waals surface area contributed by atoms with Gasteiger partial charge in [0, 0.05) is 5.57 Å². The van der Waals surface area contributed by atoms with E-state index in [2.05, 4.69) is 6.92 Å². The Hall–Kier alpha value is -1.37. The molecule has 1 aliphatic rings. The molecule has 1 heteroatoms. The molecule has 0 N–H and O–H groups in total. The smallest absolute Gasteiger partial charge is 0.150 e. The molecule has 0 aliphatic heterocycles. The average molecular weight is 214 g/mol. The molecule has 0 spiro atoms. The van der Waals surface area contributed by atoms with Gasteiger partial charge in [-0.25, -0.2) is 0 Å². The van der Waals surface area contributed by atoms with Gasteiger partial charge in [0.25, 0.3) is 0 Å². The van der Waals surface area contributed by atoms with Gasteiger partial charge in [0.1, 0.15) is 0 Å². The first-order valence-corrected chi connectivity index (χ1v) is 6.04. The fourth-order valence-corrected chi connectivity index (χ4v) is 2.59. The van der Waals surface area contributed by atoms with Gasteiger partial charge in [0.15, 0.2) is 6.29 Å². The number of hydrogen-bond acceptors (Lipinski definition) is 1. The molecule has 1 aromatic carbocycles. The van der Waals surface area contributed by atoms with Crippen LogP contribution in [0.25, 0.3) is 5.57 Å². The predicted molar refractivity (Wildman–Crippen MR) is 67.1 cm³/mol. The van der Waals surface area contributed by atoms with E-state index < -0.39 is 0 Å². The van der Waals surface area contributed by atoms with Gasteiger partial charge < -0.3 is 0 Å². The van der Waals surface area contributed by atoms with Gasteiger partial charge in [-0.2, -0.15) is 0 Å². The largest absolute Gasteiger partial charge is 0.298 e. The first kappa shape index (κ1) is 11.1. The van der Waals surface area contributed by atoms with Crippen molar-refractivity contribution in [1.29, 1.82) is 0 Å². The van der Waals surface area contributed by atoms with Crippen LogP contribution in [0.4, 0.5) is 0 Å². The Kier molecular flexibility index (Phi) is 3.55. The van der Waals surface area contributed by atoms with Gasteiger partial charge in [-0.1, -0.05) is 48.7 Å². The van der Waals surface area contributed by atoms with Crippen molar-refractivity contribution in [3.63, 3.8) is 0 Å². The van der Waals surface area contributed by atoms with E-state index in [-0.39, 0.29) is 0 Å². The Morgan fingerprint density at radius 1 is 1.19 bits per heavy atom. The number of hydrogen-bond donors (Lipinski definition) is 0. The van der Waals surface area contributed by atoms with Crippen LogP contribution < -0.4 is 0 Å². The Bertz CT molecular complexity index is 383. The molecule has 1 nitrogen and oxygen atoms in total.